The van der Waals surface area contributed by atoms with Crippen LogP contribution in [-0.4, -0.2) is 17.8 Å². The Bertz CT molecular complexity index is 222. The van der Waals surface area contributed by atoms with Gasteiger partial charge in [0, 0.05) is 13.0 Å². The molecule has 86 valence electrons. The van der Waals surface area contributed by atoms with E-state index in [1.54, 1.807) is 0 Å². The van der Waals surface area contributed by atoms with Crippen LogP contribution in [0.15, 0.2) is 0 Å². The van der Waals surface area contributed by atoms with Gasteiger partial charge in [0.1, 0.15) is 0 Å². The second-order valence-corrected chi connectivity index (χ2v) is 5.57. The second-order valence-electron chi connectivity index (χ2n) is 5.01. The summed E-state index contributed by atoms with van der Waals surface area (Å²) < 4.78 is 0. The van der Waals surface area contributed by atoms with Crippen LogP contribution in [0.1, 0.15) is 44.9 Å². The number of rotatable bonds is 5. The highest BCUT2D eigenvalue weighted by Crippen LogP contribution is 2.35. The summed E-state index contributed by atoms with van der Waals surface area (Å²) in [5.41, 5.74) is 0. The number of hydrogen-bond acceptors (Lipinski definition) is 1. The summed E-state index contributed by atoms with van der Waals surface area (Å²) in [5, 5.41) is 3.12. The van der Waals surface area contributed by atoms with Crippen molar-refractivity contribution < 1.29 is 4.79 Å². The zero-order valence-corrected chi connectivity index (χ0v) is 9.93. The minimum Gasteiger partial charge on any atom is -0.355 e. The first kappa shape index (κ1) is 11.3. The van der Waals surface area contributed by atoms with E-state index in [0.717, 1.165) is 0 Å². The molecule has 0 aromatic carbocycles. The van der Waals surface area contributed by atoms with Crippen LogP contribution in [0.5, 0.6) is 0 Å². The van der Waals surface area contributed by atoms with Crippen molar-refractivity contribution >= 4 is 17.5 Å². The number of amides is 1. The fourth-order valence-electron chi connectivity index (χ4n) is 2.38. The summed E-state index contributed by atoms with van der Waals surface area (Å²) in [7, 11) is 0. The van der Waals surface area contributed by atoms with E-state index in [4.69, 9.17) is 11.6 Å². The maximum absolute atomic E-state index is 11.6. The summed E-state index contributed by atoms with van der Waals surface area (Å²) in [6.07, 6.45) is 8.28. The van der Waals surface area contributed by atoms with Crippen molar-refractivity contribution in [3.8, 4) is 0 Å². The molecular weight excluding hydrogens is 210 g/mol. The number of alkyl halides is 1. The summed E-state index contributed by atoms with van der Waals surface area (Å²) in [6.45, 7) is 0.664. The van der Waals surface area contributed by atoms with Crippen molar-refractivity contribution in [2.75, 3.05) is 6.54 Å². The largest absolute Gasteiger partial charge is 0.355 e. The van der Waals surface area contributed by atoms with Gasteiger partial charge < -0.3 is 5.32 Å². The minimum absolute atomic E-state index is 0.164. The Labute approximate surface area is 96.8 Å². The lowest BCUT2D eigenvalue weighted by atomic mass is 10.0. The Kier molecular flexibility index (Phi) is 3.90. The zero-order valence-electron chi connectivity index (χ0n) is 9.18. The molecule has 2 aliphatic rings. The summed E-state index contributed by atoms with van der Waals surface area (Å²) in [6, 6.07) is 0. The molecule has 0 saturated heterocycles. The van der Waals surface area contributed by atoms with Crippen LogP contribution in [-0.2, 0) is 4.79 Å². The molecule has 0 radical (unpaired) electrons. The third-order valence-corrected chi connectivity index (χ3v) is 4.09. The lowest BCUT2D eigenvalue weighted by Crippen LogP contribution is -2.31. The number of carbonyl (C=O) groups excluding carboxylic acids is 1. The van der Waals surface area contributed by atoms with Crippen LogP contribution in [0.4, 0.5) is 0 Å². The number of nitrogens with one attached hydrogen (secondary N) is 1. The highest BCUT2D eigenvalue weighted by atomic mass is 35.5. The lowest BCUT2D eigenvalue weighted by molar-refractivity contribution is -0.121. The molecular formula is C12H20ClNO. The van der Waals surface area contributed by atoms with E-state index < -0.39 is 0 Å². The maximum atomic E-state index is 11.6. The Balaban J connectivity index is 1.59. The molecule has 1 amide bonds. The molecule has 2 rings (SSSR count). The molecule has 0 bridgehead atoms. The Morgan fingerprint density at radius 2 is 1.93 bits per heavy atom. The van der Waals surface area contributed by atoms with E-state index in [1.807, 2.05) is 0 Å². The van der Waals surface area contributed by atoms with E-state index in [1.165, 1.54) is 38.5 Å². The molecule has 1 unspecified atom stereocenters. The quantitative estimate of drug-likeness (QED) is 0.722. The van der Waals surface area contributed by atoms with Gasteiger partial charge in [-0.05, 0) is 37.5 Å². The summed E-state index contributed by atoms with van der Waals surface area (Å²) in [4.78, 5) is 11.6. The first-order chi connectivity index (χ1) is 7.25. The van der Waals surface area contributed by atoms with E-state index in [2.05, 4.69) is 5.32 Å². The molecule has 0 aliphatic heterocycles. The molecule has 2 nitrogen and oxygen atoms in total. The maximum Gasteiger partial charge on any atom is 0.220 e. The molecule has 0 aromatic heterocycles. The van der Waals surface area contributed by atoms with Gasteiger partial charge in [-0.15, -0.1) is 11.6 Å². The van der Waals surface area contributed by atoms with Gasteiger partial charge in [-0.1, -0.05) is 12.8 Å². The van der Waals surface area contributed by atoms with Gasteiger partial charge in [0.25, 0.3) is 0 Å². The van der Waals surface area contributed by atoms with E-state index in [0.29, 0.717) is 24.8 Å². The molecule has 0 aromatic rings. The molecule has 0 spiro atoms. The smallest absolute Gasteiger partial charge is 0.220 e. The van der Waals surface area contributed by atoms with Gasteiger partial charge >= 0.3 is 0 Å². The van der Waals surface area contributed by atoms with Crippen molar-refractivity contribution in [2.24, 2.45) is 11.8 Å². The Hall–Kier alpha value is -0.240. The van der Waals surface area contributed by atoms with Crippen LogP contribution in [0, 0.1) is 11.8 Å². The van der Waals surface area contributed by atoms with E-state index in [9.17, 15) is 4.79 Å². The number of carbonyl (C=O) groups is 1. The average Bonchev–Trinajstić information content (AvgIpc) is 2.95. The van der Waals surface area contributed by atoms with Crippen molar-refractivity contribution in [1.82, 2.24) is 5.32 Å². The van der Waals surface area contributed by atoms with Gasteiger partial charge in [-0.3, -0.25) is 4.79 Å². The monoisotopic (exact) mass is 229 g/mol. The molecule has 0 heterocycles. The first-order valence-electron chi connectivity index (χ1n) is 6.16. The highest BCUT2D eigenvalue weighted by Gasteiger charge is 2.29. The number of halogens is 1. The number of hydrogen-bond donors (Lipinski definition) is 1. The average molecular weight is 230 g/mol. The molecule has 15 heavy (non-hydrogen) atoms. The highest BCUT2D eigenvalue weighted by molar-refractivity contribution is 6.21. The second kappa shape index (κ2) is 5.20. The van der Waals surface area contributed by atoms with Crippen LogP contribution in [0.3, 0.4) is 0 Å². The fourth-order valence-corrected chi connectivity index (χ4v) is 2.71. The van der Waals surface area contributed by atoms with E-state index in [-0.39, 0.29) is 11.3 Å². The lowest BCUT2D eigenvalue weighted by Gasteiger charge is -2.12. The van der Waals surface area contributed by atoms with Crippen molar-refractivity contribution in [2.45, 2.75) is 50.3 Å². The van der Waals surface area contributed by atoms with Crippen LogP contribution < -0.4 is 5.32 Å². The Morgan fingerprint density at radius 1 is 1.27 bits per heavy atom. The van der Waals surface area contributed by atoms with Crippen molar-refractivity contribution in [3.63, 3.8) is 0 Å². The van der Waals surface area contributed by atoms with E-state index >= 15 is 0 Å². The normalized spacial score (nSPS) is 24.1. The van der Waals surface area contributed by atoms with Crippen molar-refractivity contribution in [3.05, 3.63) is 0 Å². The Morgan fingerprint density at radius 3 is 2.53 bits per heavy atom. The van der Waals surface area contributed by atoms with Gasteiger partial charge in [0.2, 0.25) is 5.91 Å². The fraction of sp³-hybridized carbons (Fsp3) is 0.917. The third-order valence-electron chi connectivity index (χ3n) is 3.58. The first-order valence-corrected chi connectivity index (χ1v) is 6.60. The molecule has 1 atom stereocenters. The summed E-state index contributed by atoms with van der Waals surface area (Å²) >= 11 is 6.12. The SMILES string of the molecule is O=C(CC1CCCC1)NCC(Cl)C1CC1. The van der Waals surface area contributed by atoms with Crippen molar-refractivity contribution in [1.29, 1.82) is 0 Å². The zero-order chi connectivity index (χ0) is 10.7. The molecule has 1 N–H and O–H groups in total. The van der Waals surface area contributed by atoms with Crippen LogP contribution in [0.25, 0.3) is 0 Å². The van der Waals surface area contributed by atoms with Gasteiger partial charge in [0.05, 0.1) is 5.38 Å². The summed E-state index contributed by atoms with van der Waals surface area (Å²) in [5.74, 6) is 1.51. The molecule has 2 aliphatic carbocycles. The molecule has 2 fully saturated rings. The molecule has 2 saturated carbocycles. The predicted molar refractivity (Wildman–Crippen MR) is 61.9 cm³/mol. The molecule has 3 heteroatoms. The van der Waals surface area contributed by atoms with Crippen LogP contribution >= 0.6 is 11.6 Å². The minimum atomic E-state index is 0.164. The van der Waals surface area contributed by atoms with Gasteiger partial charge in [-0.2, -0.15) is 0 Å². The van der Waals surface area contributed by atoms with Gasteiger partial charge in [0.15, 0.2) is 0 Å². The van der Waals surface area contributed by atoms with Crippen LogP contribution in [0.2, 0.25) is 0 Å². The standard InChI is InChI=1S/C12H20ClNO/c13-11(10-5-6-10)8-14-12(15)7-9-3-1-2-4-9/h9-11H,1-8H2,(H,14,15). The predicted octanol–water partition coefficient (Wildman–Crippen LogP) is 2.70. The topological polar surface area (TPSA) is 29.1 Å². The third kappa shape index (κ3) is 3.67. The van der Waals surface area contributed by atoms with Gasteiger partial charge in [-0.25, -0.2) is 0 Å².